The van der Waals surface area contributed by atoms with Gasteiger partial charge in [-0.1, -0.05) is 28.1 Å². The van der Waals surface area contributed by atoms with Crippen LogP contribution in [0.5, 0.6) is 0 Å². The van der Waals surface area contributed by atoms with Crippen LogP contribution in [0.1, 0.15) is 35.1 Å². The van der Waals surface area contributed by atoms with Gasteiger partial charge < -0.3 is 20.4 Å². The average Bonchev–Trinajstić information content (AvgIpc) is 2.71. The molecule has 4 N–H and O–H groups in total. The summed E-state index contributed by atoms with van der Waals surface area (Å²) in [5.41, 5.74) is 7.24. The van der Waals surface area contributed by atoms with Gasteiger partial charge in [-0.3, -0.25) is 14.1 Å². The molecular formula is C19H22BrN4O6PS. The normalized spacial score (nSPS) is 12.3. The molecule has 0 fully saturated rings. The van der Waals surface area contributed by atoms with E-state index in [0.717, 1.165) is 11.8 Å². The number of nitrogens with zero attached hydrogens (tertiary/aromatic N) is 3. The molecule has 13 heteroatoms. The van der Waals surface area contributed by atoms with Crippen molar-refractivity contribution in [2.24, 2.45) is 0 Å². The summed E-state index contributed by atoms with van der Waals surface area (Å²) in [7, 11) is -4.69. The monoisotopic (exact) mass is 544 g/mol. The first kappa shape index (κ1) is 26.2. The number of allylic oxidation sites excluding steroid dienone is 1. The molecular weight excluding hydrogens is 523 g/mol. The van der Waals surface area contributed by atoms with Crippen LogP contribution in [0.3, 0.4) is 0 Å². The number of hydrogen-bond donors (Lipinski definition) is 3. The summed E-state index contributed by atoms with van der Waals surface area (Å²) in [5.74, 6) is 0.710. The van der Waals surface area contributed by atoms with Gasteiger partial charge in [0.05, 0.1) is 13.2 Å². The number of nitrogens with two attached hydrogens (primary N) is 1. The topological polar surface area (TPSA) is 156 Å². The van der Waals surface area contributed by atoms with Gasteiger partial charge in [0.15, 0.2) is 0 Å². The second-order valence-electron chi connectivity index (χ2n) is 6.51. The van der Waals surface area contributed by atoms with E-state index in [1.807, 2.05) is 0 Å². The Morgan fingerprint density at radius 1 is 1.38 bits per heavy atom. The standard InChI is InChI=1S/C19H22BrN4O6PS/c1-12(24(11-25)10-14-9-22-13(2)23-18(14)21)17(7-8-30-31(27,28)29)32-19(26)15-5-3-4-6-16(15)20/h3-6,9,11H,7-8,10H2,1-2H3,(H2,21,22,23)(H2,27,28,29). The maximum absolute atomic E-state index is 12.9. The van der Waals surface area contributed by atoms with Crippen molar-refractivity contribution in [1.29, 1.82) is 0 Å². The first-order valence-electron chi connectivity index (χ1n) is 9.18. The van der Waals surface area contributed by atoms with E-state index in [0.29, 0.717) is 38.4 Å². The van der Waals surface area contributed by atoms with Crippen LogP contribution in [-0.4, -0.2) is 42.8 Å². The third-order valence-electron chi connectivity index (χ3n) is 4.22. The lowest BCUT2D eigenvalue weighted by molar-refractivity contribution is -0.116. The van der Waals surface area contributed by atoms with Crippen LogP contribution in [0.4, 0.5) is 5.82 Å². The van der Waals surface area contributed by atoms with Crippen LogP contribution in [-0.2, 0) is 20.4 Å². The molecule has 172 valence electrons. The first-order chi connectivity index (χ1) is 15.0. The SMILES string of the molecule is CC(=C(CCOP(=O)(O)O)SC(=O)c1ccccc1Br)N(C=O)Cc1cnc(C)nc1N. The molecule has 0 aliphatic carbocycles. The maximum atomic E-state index is 12.9. The van der Waals surface area contributed by atoms with E-state index in [1.54, 1.807) is 38.1 Å². The molecule has 1 amide bonds. The average molecular weight is 545 g/mol. The smallest absolute Gasteiger partial charge is 0.383 e. The van der Waals surface area contributed by atoms with Gasteiger partial charge in [-0.25, -0.2) is 14.5 Å². The number of aromatic nitrogens is 2. The molecule has 0 radical (unpaired) electrons. The number of thioether (sulfide) groups is 1. The molecule has 0 bridgehead atoms. The molecule has 32 heavy (non-hydrogen) atoms. The summed E-state index contributed by atoms with van der Waals surface area (Å²) in [6.07, 6.45) is 2.07. The lowest BCUT2D eigenvalue weighted by Crippen LogP contribution is -2.22. The second-order valence-corrected chi connectivity index (χ2v) is 9.67. The highest BCUT2D eigenvalue weighted by molar-refractivity contribution is 9.10. The zero-order valence-corrected chi connectivity index (χ0v) is 20.6. The first-order valence-corrected chi connectivity index (χ1v) is 12.3. The molecule has 2 rings (SSSR count). The fourth-order valence-electron chi connectivity index (χ4n) is 2.57. The van der Waals surface area contributed by atoms with Crippen molar-refractivity contribution in [3.63, 3.8) is 0 Å². The van der Waals surface area contributed by atoms with Gasteiger partial charge in [-0.2, -0.15) is 0 Å². The van der Waals surface area contributed by atoms with Crippen molar-refractivity contribution in [3.05, 3.63) is 62.5 Å². The number of amides is 1. The van der Waals surface area contributed by atoms with Crippen LogP contribution >= 0.6 is 35.5 Å². The quantitative estimate of drug-likeness (QED) is 0.299. The maximum Gasteiger partial charge on any atom is 0.469 e. The van der Waals surface area contributed by atoms with E-state index >= 15 is 0 Å². The lowest BCUT2D eigenvalue weighted by Gasteiger charge is -2.22. The van der Waals surface area contributed by atoms with Crippen LogP contribution in [0.25, 0.3) is 0 Å². The van der Waals surface area contributed by atoms with E-state index in [9.17, 15) is 14.2 Å². The zero-order valence-electron chi connectivity index (χ0n) is 17.3. The minimum atomic E-state index is -4.69. The minimum absolute atomic E-state index is 0.0119. The number of hydrogen-bond acceptors (Lipinski definition) is 8. The summed E-state index contributed by atoms with van der Waals surface area (Å²) in [6, 6.07) is 6.84. The van der Waals surface area contributed by atoms with Gasteiger partial charge >= 0.3 is 7.82 Å². The number of carbonyl (C=O) groups excluding carboxylic acids is 2. The van der Waals surface area contributed by atoms with Crippen LogP contribution < -0.4 is 5.73 Å². The predicted molar refractivity (Wildman–Crippen MR) is 124 cm³/mol. The summed E-state index contributed by atoms with van der Waals surface area (Å²) in [6.45, 7) is 3.00. The van der Waals surface area contributed by atoms with Crippen molar-refractivity contribution < 1.29 is 28.5 Å². The Morgan fingerprint density at radius 3 is 2.66 bits per heavy atom. The Labute approximate surface area is 197 Å². The summed E-state index contributed by atoms with van der Waals surface area (Å²) < 4.78 is 16.2. The van der Waals surface area contributed by atoms with Crippen molar-refractivity contribution in [2.45, 2.75) is 26.8 Å². The van der Waals surface area contributed by atoms with Gasteiger partial charge in [-0.15, -0.1) is 0 Å². The molecule has 0 atom stereocenters. The molecule has 1 heterocycles. The number of phosphoric acid groups is 1. The Hall–Kier alpha value is -2.08. The third-order valence-corrected chi connectivity index (χ3v) is 6.58. The largest absolute Gasteiger partial charge is 0.469 e. The number of rotatable bonds is 10. The summed E-state index contributed by atoms with van der Waals surface area (Å²) >= 11 is 4.18. The Kier molecular flexibility index (Phi) is 9.56. The van der Waals surface area contributed by atoms with Gasteiger partial charge in [0.1, 0.15) is 11.6 Å². The van der Waals surface area contributed by atoms with E-state index in [2.05, 4.69) is 30.4 Å². The number of anilines is 1. The molecule has 10 nitrogen and oxygen atoms in total. The van der Waals surface area contributed by atoms with Crippen molar-refractivity contribution in [2.75, 3.05) is 12.3 Å². The van der Waals surface area contributed by atoms with E-state index < -0.39 is 7.82 Å². The number of phosphoric ester groups is 1. The van der Waals surface area contributed by atoms with E-state index in [4.69, 9.17) is 15.5 Å². The molecule has 0 saturated carbocycles. The molecule has 0 unspecified atom stereocenters. The highest BCUT2D eigenvalue weighted by Crippen LogP contribution is 2.38. The second kappa shape index (κ2) is 11.7. The Balaban J connectivity index is 2.34. The predicted octanol–water partition coefficient (Wildman–Crippen LogP) is 3.39. The van der Waals surface area contributed by atoms with E-state index in [1.165, 1.54) is 11.1 Å². The molecule has 1 aromatic carbocycles. The van der Waals surface area contributed by atoms with Crippen LogP contribution in [0, 0.1) is 6.92 Å². The van der Waals surface area contributed by atoms with Crippen molar-refractivity contribution in [3.8, 4) is 0 Å². The molecule has 1 aromatic heterocycles. The summed E-state index contributed by atoms with van der Waals surface area (Å²) in [4.78, 5) is 52.5. The van der Waals surface area contributed by atoms with Gasteiger partial charge in [0.25, 0.3) is 0 Å². The fourth-order valence-corrected chi connectivity index (χ4v) is 4.46. The lowest BCUT2D eigenvalue weighted by atomic mass is 10.2. The molecule has 0 aliphatic rings. The Bertz CT molecular complexity index is 1080. The van der Waals surface area contributed by atoms with Gasteiger partial charge in [0.2, 0.25) is 11.5 Å². The van der Waals surface area contributed by atoms with Crippen molar-refractivity contribution >= 4 is 52.9 Å². The van der Waals surface area contributed by atoms with Crippen LogP contribution in [0.2, 0.25) is 0 Å². The number of aryl methyl sites for hydroxylation is 1. The number of halogens is 1. The molecule has 0 saturated heterocycles. The Morgan fingerprint density at radius 2 is 2.06 bits per heavy atom. The van der Waals surface area contributed by atoms with E-state index in [-0.39, 0.29) is 30.5 Å². The summed E-state index contributed by atoms with van der Waals surface area (Å²) in [5, 5.41) is -0.313. The number of benzene rings is 1. The van der Waals surface area contributed by atoms with Crippen molar-refractivity contribution in [1.82, 2.24) is 14.9 Å². The highest BCUT2D eigenvalue weighted by atomic mass is 79.9. The third kappa shape index (κ3) is 7.80. The number of nitrogen functional groups attached to an aromatic ring is 1. The zero-order chi connectivity index (χ0) is 23.9. The molecule has 2 aromatic rings. The fraction of sp³-hybridized carbons (Fsp3) is 0.263. The van der Waals surface area contributed by atoms with Gasteiger partial charge in [0, 0.05) is 38.8 Å². The number of carbonyl (C=O) groups is 2. The van der Waals surface area contributed by atoms with Gasteiger partial charge in [-0.05, 0) is 37.7 Å². The highest BCUT2D eigenvalue weighted by Gasteiger charge is 2.20. The van der Waals surface area contributed by atoms with Crippen LogP contribution in [0.15, 0.2) is 45.5 Å². The molecule has 0 aliphatic heterocycles. The molecule has 0 spiro atoms. The minimum Gasteiger partial charge on any atom is -0.383 e.